The van der Waals surface area contributed by atoms with Gasteiger partial charge in [0, 0.05) is 12.0 Å². The molecule has 2 aromatic carbocycles. The van der Waals surface area contributed by atoms with Crippen LogP contribution in [0.25, 0.3) is 11.0 Å². The van der Waals surface area contributed by atoms with Crippen molar-refractivity contribution in [1.29, 1.82) is 0 Å². The Hall–Kier alpha value is -2.53. The summed E-state index contributed by atoms with van der Waals surface area (Å²) in [5.41, 5.74) is 2.82. The predicted octanol–water partition coefficient (Wildman–Crippen LogP) is 3.47. The zero-order valence-electron chi connectivity index (χ0n) is 12.0. The fraction of sp³-hybridized carbons (Fsp3) is 0.118. The fourth-order valence-electron chi connectivity index (χ4n) is 2.32. The first-order valence-electron chi connectivity index (χ1n) is 7.06. The number of thiocarbonyl (C=S) groups is 1. The van der Waals surface area contributed by atoms with Gasteiger partial charge in [0.2, 0.25) is 0 Å². The van der Waals surface area contributed by atoms with Gasteiger partial charge in [0.25, 0.3) is 0 Å². The Morgan fingerprint density at radius 2 is 1.91 bits per heavy atom. The Labute approximate surface area is 134 Å². The molecule has 3 rings (SSSR count). The molecule has 0 spiro atoms. The summed E-state index contributed by atoms with van der Waals surface area (Å²) in [7, 11) is 0. The van der Waals surface area contributed by atoms with E-state index < -0.39 is 0 Å². The Morgan fingerprint density at radius 3 is 2.68 bits per heavy atom. The van der Waals surface area contributed by atoms with E-state index in [9.17, 15) is 0 Å². The van der Waals surface area contributed by atoms with Crippen LogP contribution in [0.4, 0.5) is 0 Å². The third-order valence-corrected chi connectivity index (χ3v) is 3.75. The SMILES string of the molecule is C=CCC(NC(=S)c1ccccc1)n1nnc2ccccc21. The molecule has 0 saturated heterocycles. The highest BCUT2D eigenvalue weighted by Crippen LogP contribution is 2.17. The molecule has 0 aliphatic carbocycles. The number of para-hydroxylation sites is 1. The number of fused-ring (bicyclic) bond motifs is 1. The summed E-state index contributed by atoms with van der Waals surface area (Å²) in [5, 5.41) is 11.8. The first-order chi connectivity index (χ1) is 10.8. The monoisotopic (exact) mass is 308 g/mol. The smallest absolute Gasteiger partial charge is 0.127 e. The van der Waals surface area contributed by atoms with Gasteiger partial charge in [-0.3, -0.25) is 0 Å². The molecule has 3 aromatic rings. The molecule has 1 unspecified atom stereocenters. The minimum absolute atomic E-state index is 0.113. The highest BCUT2D eigenvalue weighted by Gasteiger charge is 2.15. The van der Waals surface area contributed by atoms with Crippen LogP contribution in [0.2, 0.25) is 0 Å². The number of hydrogen-bond acceptors (Lipinski definition) is 3. The number of hydrogen-bond donors (Lipinski definition) is 1. The number of rotatable bonds is 5. The van der Waals surface area contributed by atoms with Crippen molar-refractivity contribution in [2.75, 3.05) is 0 Å². The minimum atomic E-state index is -0.113. The Kier molecular flexibility index (Phi) is 4.25. The quantitative estimate of drug-likeness (QED) is 0.579. The third kappa shape index (κ3) is 2.89. The summed E-state index contributed by atoms with van der Waals surface area (Å²) >= 11 is 5.50. The van der Waals surface area contributed by atoms with Crippen molar-refractivity contribution >= 4 is 28.2 Å². The van der Waals surface area contributed by atoms with Gasteiger partial charge in [-0.15, -0.1) is 11.7 Å². The van der Waals surface area contributed by atoms with Crippen LogP contribution in [0.3, 0.4) is 0 Å². The zero-order valence-corrected chi connectivity index (χ0v) is 12.8. The molecule has 0 aliphatic heterocycles. The molecule has 1 N–H and O–H groups in total. The Bertz CT molecular complexity index is 795. The fourth-order valence-corrected chi connectivity index (χ4v) is 2.59. The van der Waals surface area contributed by atoms with E-state index >= 15 is 0 Å². The molecular weight excluding hydrogens is 292 g/mol. The maximum absolute atomic E-state index is 5.50. The maximum Gasteiger partial charge on any atom is 0.127 e. The van der Waals surface area contributed by atoms with Crippen molar-refractivity contribution in [3.05, 3.63) is 72.8 Å². The lowest BCUT2D eigenvalue weighted by Crippen LogP contribution is -2.32. The van der Waals surface area contributed by atoms with E-state index in [1.54, 1.807) is 0 Å². The molecule has 22 heavy (non-hydrogen) atoms. The summed E-state index contributed by atoms with van der Waals surface area (Å²) in [5.74, 6) is 0. The molecule has 5 heteroatoms. The van der Waals surface area contributed by atoms with Gasteiger partial charge in [0.15, 0.2) is 0 Å². The average molecular weight is 308 g/mol. The number of aromatic nitrogens is 3. The van der Waals surface area contributed by atoms with Gasteiger partial charge in [-0.05, 0) is 12.1 Å². The summed E-state index contributed by atoms with van der Waals surface area (Å²) < 4.78 is 1.85. The van der Waals surface area contributed by atoms with Gasteiger partial charge in [-0.2, -0.15) is 0 Å². The van der Waals surface area contributed by atoms with Crippen molar-refractivity contribution in [1.82, 2.24) is 20.3 Å². The Balaban J connectivity index is 1.90. The van der Waals surface area contributed by atoms with Crippen LogP contribution < -0.4 is 5.32 Å². The summed E-state index contributed by atoms with van der Waals surface area (Å²) in [6.45, 7) is 3.83. The van der Waals surface area contributed by atoms with E-state index in [1.807, 2.05) is 65.4 Å². The van der Waals surface area contributed by atoms with Gasteiger partial charge in [0.1, 0.15) is 16.7 Å². The molecule has 0 aliphatic rings. The van der Waals surface area contributed by atoms with Crippen molar-refractivity contribution in [3.63, 3.8) is 0 Å². The van der Waals surface area contributed by atoms with Crippen molar-refractivity contribution < 1.29 is 0 Å². The van der Waals surface area contributed by atoms with E-state index in [0.29, 0.717) is 11.4 Å². The van der Waals surface area contributed by atoms with E-state index in [2.05, 4.69) is 22.2 Å². The minimum Gasteiger partial charge on any atom is -0.354 e. The number of nitrogens with zero attached hydrogens (tertiary/aromatic N) is 3. The highest BCUT2D eigenvalue weighted by molar-refractivity contribution is 7.80. The van der Waals surface area contributed by atoms with E-state index in [-0.39, 0.29) is 6.17 Å². The largest absolute Gasteiger partial charge is 0.354 e. The lowest BCUT2D eigenvalue weighted by Gasteiger charge is -2.19. The second-order valence-corrected chi connectivity index (χ2v) is 5.31. The average Bonchev–Trinajstić information content (AvgIpc) is 2.99. The van der Waals surface area contributed by atoms with Gasteiger partial charge >= 0.3 is 0 Å². The molecule has 4 nitrogen and oxygen atoms in total. The van der Waals surface area contributed by atoms with Crippen molar-refractivity contribution in [2.24, 2.45) is 0 Å². The van der Waals surface area contributed by atoms with E-state index in [4.69, 9.17) is 12.2 Å². The number of benzene rings is 2. The molecule has 1 aromatic heterocycles. The molecule has 1 atom stereocenters. The second-order valence-electron chi connectivity index (χ2n) is 4.90. The van der Waals surface area contributed by atoms with Gasteiger partial charge < -0.3 is 5.32 Å². The van der Waals surface area contributed by atoms with Gasteiger partial charge in [-0.25, -0.2) is 4.68 Å². The van der Waals surface area contributed by atoms with E-state index in [0.717, 1.165) is 16.6 Å². The molecule has 1 heterocycles. The molecular formula is C17H16N4S. The van der Waals surface area contributed by atoms with Crippen LogP contribution in [0.5, 0.6) is 0 Å². The standard InChI is InChI=1S/C17H16N4S/c1-2-8-16(18-17(22)13-9-4-3-5-10-13)21-15-12-7-6-11-14(15)19-20-21/h2-7,9-12,16H,1,8H2,(H,18,22). The zero-order chi connectivity index (χ0) is 15.4. The predicted molar refractivity (Wildman–Crippen MR) is 92.7 cm³/mol. The van der Waals surface area contributed by atoms with Crippen molar-refractivity contribution in [2.45, 2.75) is 12.6 Å². The normalized spacial score (nSPS) is 12.0. The first kappa shape index (κ1) is 14.4. The van der Waals surface area contributed by atoms with Gasteiger partial charge in [-0.1, -0.05) is 66.0 Å². The summed E-state index contributed by atoms with van der Waals surface area (Å²) in [6.07, 6.45) is 2.43. The maximum atomic E-state index is 5.50. The van der Waals surface area contributed by atoms with Crippen LogP contribution in [0.15, 0.2) is 67.3 Å². The molecule has 0 fully saturated rings. The lowest BCUT2D eigenvalue weighted by molar-refractivity contribution is 0.434. The van der Waals surface area contributed by atoms with Crippen LogP contribution in [0.1, 0.15) is 18.2 Å². The molecule has 0 radical (unpaired) electrons. The molecule has 110 valence electrons. The lowest BCUT2D eigenvalue weighted by atomic mass is 10.2. The van der Waals surface area contributed by atoms with Crippen LogP contribution in [0, 0.1) is 0 Å². The molecule has 0 saturated carbocycles. The third-order valence-electron chi connectivity index (χ3n) is 3.40. The summed E-state index contributed by atoms with van der Waals surface area (Å²) in [6, 6.07) is 17.7. The van der Waals surface area contributed by atoms with Gasteiger partial charge in [0.05, 0.1) is 5.52 Å². The number of nitrogens with one attached hydrogen (secondary N) is 1. The molecule has 0 bridgehead atoms. The van der Waals surface area contributed by atoms with E-state index in [1.165, 1.54) is 0 Å². The van der Waals surface area contributed by atoms with Crippen LogP contribution in [-0.4, -0.2) is 20.0 Å². The highest BCUT2D eigenvalue weighted by atomic mass is 32.1. The second kappa shape index (κ2) is 6.49. The topological polar surface area (TPSA) is 42.7 Å². The summed E-state index contributed by atoms with van der Waals surface area (Å²) in [4.78, 5) is 0.687. The van der Waals surface area contributed by atoms with Crippen LogP contribution >= 0.6 is 12.2 Å². The Morgan fingerprint density at radius 1 is 1.18 bits per heavy atom. The molecule has 0 amide bonds. The van der Waals surface area contributed by atoms with Crippen LogP contribution in [-0.2, 0) is 0 Å². The first-order valence-corrected chi connectivity index (χ1v) is 7.47. The van der Waals surface area contributed by atoms with Crippen molar-refractivity contribution in [3.8, 4) is 0 Å².